The van der Waals surface area contributed by atoms with Crippen LogP contribution in [0.15, 0.2) is 0 Å². The van der Waals surface area contributed by atoms with Gasteiger partial charge in [-0.1, -0.05) is 0 Å². The fourth-order valence-electron chi connectivity index (χ4n) is 1.65. The van der Waals surface area contributed by atoms with E-state index >= 15 is 0 Å². The third-order valence-corrected chi connectivity index (χ3v) is 2.85. The fraction of sp³-hybridized carbons (Fsp3) is 0.889. The van der Waals surface area contributed by atoms with E-state index < -0.39 is 12.2 Å². The highest BCUT2D eigenvalue weighted by molar-refractivity contribution is 7.98. The Morgan fingerprint density at radius 1 is 1.44 bits per heavy atom. The quantitative estimate of drug-likeness (QED) is 0.328. The third kappa shape index (κ3) is 4.26. The summed E-state index contributed by atoms with van der Waals surface area (Å²) in [5.74, 6) is 0.267. The molecule has 0 aromatic rings. The van der Waals surface area contributed by atoms with Gasteiger partial charge in [-0.15, -0.1) is 11.8 Å². The number of nitro groups is 1. The molecule has 1 aliphatic rings. The topological polar surface area (TPSA) is 78.7 Å². The van der Waals surface area contributed by atoms with Crippen LogP contribution in [-0.2, 0) is 9.47 Å². The van der Waals surface area contributed by atoms with E-state index in [2.05, 4.69) is 0 Å². The first-order valence-electron chi connectivity index (χ1n) is 5.09. The van der Waals surface area contributed by atoms with Crippen molar-refractivity contribution in [2.24, 2.45) is 0 Å². The predicted molar refractivity (Wildman–Crippen MR) is 59.0 cm³/mol. The van der Waals surface area contributed by atoms with Crippen LogP contribution in [0.4, 0.5) is 4.79 Å². The molecule has 0 aromatic heterocycles. The second-order valence-electron chi connectivity index (χ2n) is 3.63. The maximum atomic E-state index is 11.1. The van der Waals surface area contributed by atoms with Crippen LogP contribution in [0.1, 0.15) is 25.7 Å². The molecular formula is C9H15NO5S. The lowest BCUT2D eigenvalue weighted by atomic mass is 9.93. The number of carbonyl (C=O) groups excluding carboxylic acids is 1. The van der Waals surface area contributed by atoms with E-state index in [1.807, 2.05) is 6.26 Å². The summed E-state index contributed by atoms with van der Waals surface area (Å²) in [4.78, 5) is 21.3. The van der Waals surface area contributed by atoms with Crippen molar-refractivity contribution in [3.63, 3.8) is 0 Å². The first kappa shape index (κ1) is 13.1. The first-order chi connectivity index (χ1) is 7.63. The van der Waals surface area contributed by atoms with E-state index in [0.29, 0.717) is 25.7 Å². The van der Waals surface area contributed by atoms with E-state index in [1.165, 1.54) is 11.8 Å². The highest BCUT2D eigenvalue weighted by Crippen LogP contribution is 2.23. The summed E-state index contributed by atoms with van der Waals surface area (Å²) in [6.45, 7) is 0. The van der Waals surface area contributed by atoms with Crippen molar-refractivity contribution >= 4 is 17.9 Å². The highest BCUT2D eigenvalue weighted by Gasteiger charge is 2.30. The van der Waals surface area contributed by atoms with Crippen LogP contribution in [0.3, 0.4) is 0 Å². The molecule has 1 fully saturated rings. The number of hydrogen-bond donors (Lipinski definition) is 0. The lowest BCUT2D eigenvalue weighted by Crippen LogP contribution is -2.31. The van der Waals surface area contributed by atoms with Gasteiger partial charge in [0.15, 0.2) is 0 Å². The monoisotopic (exact) mass is 249 g/mol. The molecule has 0 N–H and O–H groups in total. The number of carbonyl (C=O) groups is 1. The second kappa shape index (κ2) is 6.57. The molecule has 1 saturated carbocycles. The zero-order valence-corrected chi connectivity index (χ0v) is 9.90. The van der Waals surface area contributed by atoms with Gasteiger partial charge in [-0.25, -0.2) is 4.79 Å². The average molecular weight is 249 g/mol. The molecule has 16 heavy (non-hydrogen) atoms. The number of hydrogen-bond acceptors (Lipinski definition) is 6. The van der Waals surface area contributed by atoms with Crippen LogP contribution in [0.25, 0.3) is 0 Å². The van der Waals surface area contributed by atoms with Gasteiger partial charge < -0.3 is 9.47 Å². The Morgan fingerprint density at radius 3 is 2.56 bits per heavy atom. The van der Waals surface area contributed by atoms with Crippen molar-refractivity contribution in [1.82, 2.24) is 0 Å². The zero-order chi connectivity index (χ0) is 12.0. The number of thioether (sulfide) groups is 1. The summed E-state index contributed by atoms with van der Waals surface area (Å²) in [6.07, 6.45) is 2.92. The summed E-state index contributed by atoms with van der Waals surface area (Å²) in [5.41, 5.74) is 0. The molecule has 0 aromatic carbocycles. The highest BCUT2D eigenvalue weighted by atomic mass is 32.2. The van der Waals surface area contributed by atoms with Crippen molar-refractivity contribution in [1.29, 1.82) is 0 Å². The van der Waals surface area contributed by atoms with Crippen molar-refractivity contribution in [2.75, 3.05) is 12.2 Å². The van der Waals surface area contributed by atoms with Crippen LogP contribution in [0.5, 0.6) is 0 Å². The van der Waals surface area contributed by atoms with Crippen LogP contribution in [0, 0.1) is 10.1 Å². The lowest BCUT2D eigenvalue weighted by molar-refractivity contribution is -0.527. The molecule has 0 aliphatic heterocycles. The van der Waals surface area contributed by atoms with Crippen LogP contribution < -0.4 is 0 Å². The van der Waals surface area contributed by atoms with Crippen molar-refractivity contribution in [3.05, 3.63) is 10.1 Å². The molecule has 0 amide bonds. The molecule has 0 saturated heterocycles. The van der Waals surface area contributed by atoms with Gasteiger partial charge in [-0.3, -0.25) is 10.1 Å². The van der Waals surface area contributed by atoms with Gasteiger partial charge in [0.2, 0.25) is 6.04 Å². The van der Waals surface area contributed by atoms with Gasteiger partial charge in [0.05, 0.1) is 0 Å². The number of rotatable bonds is 4. The Kier molecular flexibility index (Phi) is 5.37. The van der Waals surface area contributed by atoms with E-state index in [1.54, 1.807) is 0 Å². The van der Waals surface area contributed by atoms with Gasteiger partial charge in [-0.2, -0.15) is 0 Å². The molecule has 0 radical (unpaired) electrons. The molecular weight excluding hydrogens is 234 g/mol. The Bertz CT molecular complexity index is 252. The van der Waals surface area contributed by atoms with Gasteiger partial charge >= 0.3 is 6.16 Å². The molecule has 0 unspecified atom stereocenters. The van der Waals surface area contributed by atoms with E-state index in [-0.39, 0.29) is 17.0 Å². The summed E-state index contributed by atoms with van der Waals surface area (Å²) < 4.78 is 9.76. The minimum atomic E-state index is -0.682. The Balaban J connectivity index is 2.21. The minimum absolute atomic E-state index is 0.231. The summed E-state index contributed by atoms with van der Waals surface area (Å²) >= 11 is 1.38. The minimum Gasteiger partial charge on any atom is -0.431 e. The third-order valence-electron chi connectivity index (χ3n) is 2.50. The fourth-order valence-corrected chi connectivity index (χ4v) is 1.87. The second-order valence-corrected chi connectivity index (χ2v) is 4.45. The average Bonchev–Trinajstić information content (AvgIpc) is 2.27. The lowest BCUT2D eigenvalue weighted by Gasteiger charge is -2.23. The SMILES string of the molecule is CSCOC(=O)OC1CCC([N+](=O)[O-])CC1. The molecule has 6 nitrogen and oxygen atoms in total. The molecule has 0 bridgehead atoms. The van der Waals surface area contributed by atoms with Gasteiger partial charge in [0, 0.05) is 17.8 Å². The van der Waals surface area contributed by atoms with E-state index in [4.69, 9.17) is 9.47 Å². The molecule has 0 heterocycles. The number of nitrogens with zero attached hydrogens (tertiary/aromatic N) is 1. The van der Waals surface area contributed by atoms with Crippen molar-refractivity contribution in [3.8, 4) is 0 Å². The standard InChI is InChI=1S/C9H15NO5S/c1-16-6-14-9(11)15-8-4-2-7(3-5-8)10(12)13/h7-8H,2-6H2,1H3. The predicted octanol–water partition coefficient (Wildman–Crippen LogP) is 2.05. The Labute approximate surface area is 97.8 Å². The first-order valence-corrected chi connectivity index (χ1v) is 6.48. The molecule has 7 heteroatoms. The van der Waals surface area contributed by atoms with E-state index in [9.17, 15) is 14.9 Å². The number of ether oxygens (including phenoxy) is 2. The van der Waals surface area contributed by atoms with Crippen LogP contribution in [-0.4, -0.2) is 35.4 Å². The zero-order valence-electron chi connectivity index (χ0n) is 9.09. The summed E-state index contributed by atoms with van der Waals surface area (Å²) in [5, 5.41) is 10.5. The van der Waals surface area contributed by atoms with E-state index in [0.717, 1.165) is 0 Å². The maximum absolute atomic E-state index is 11.1. The van der Waals surface area contributed by atoms with Crippen molar-refractivity contribution in [2.45, 2.75) is 37.8 Å². The van der Waals surface area contributed by atoms with Crippen LogP contribution >= 0.6 is 11.8 Å². The maximum Gasteiger partial charge on any atom is 0.509 e. The molecule has 1 rings (SSSR count). The molecule has 0 atom stereocenters. The Morgan fingerprint density at radius 2 is 2.06 bits per heavy atom. The largest absolute Gasteiger partial charge is 0.509 e. The normalized spacial score (nSPS) is 24.8. The van der Waals surface area contributed by atoms with Gasteiger partial charge in [0.1, 0.15) is 12.0 Å². The van der Waals surface area contributed by atoms with Gasteiger partial charge in [-0.05, 0) is 19.1 Å². The summed E-state index contributed by atoms with van der Waals surface area (Å²) in [7, 11) is 0. The Hall–Kier alpha value is -0.980. The molecule has 0 spiro atoms. The molecule has 92 valence electrons. The van der Waals surface area contributed by atoms with Gasteiger partial charge in [0.25, 0.3) is 0 Å². The van der Waals surface area contributed by atoms with Crippen molar-refractivity contribution < 1.29 is 19.2 Å². The smallest absolute Gasteiger partial charge is 0.431 e. The summed E-state index contributed by atoms with van der Waals surface area (Å²) in [6, 6.07) is -0.484. The van der Waals surface area contributed by atoms with Crippen LogP contribution in [0.2, 0.25) is 0 Å². The molecule has 1 aliphatic carbocycles.